The van der Waals surface area contributed by atoms with E-state index in [4.69, 9.17) is 0 Å². The molecule has 0 aliphatic rings. The standard InChI is InChI=1S/C16H11F6N3O2/c17-7-1-3-9(15(21)13(7)19)23-5-11(26)24-6-12(27)25-10-4-2-8(18)14(20)16(10)22/h1-4,23H,5-6H2,(H,24,26)(H,25,27). The number of benzene rings is 2. The first-order valence-corrected chi connectivity index (χ1v) is 7.28. The van der Waals surface area contributed by atoms with E-state index in [1.54, 1.807) is 0 Å². The van der Waals surface area contributed by atoms with Crippen LogP contribution >= 0.6 is 0 Å². The van der Waals surface area contributed by atoms with Crippen LogP contribution in [-0.2, 0) is 9.59 Å². The Morgan fingerprint density at radius 1 is 0.667 bits per heavy atom. The molecule has 0 saturated heterocycles. The zero-order valence-corrected chi connectivity index (χ0v) is 13.3. The van der Waals surface area contributed by atoms with Gasteiger partial charge in [0.1, 0.15) is 0 Å². The van der Waals surface area contributed by atoms with Crippen molar-refractivity contribution >= 4 is 23.2 Å². The molecule has 0 atom stereocenters. The molecular formula is C16H11F6N3O2. The van der Waals surface area contributed by atoms with Crippen molar-refractivity contribution in [3.63, 3.8) is 0 Å². The molecule has 11 heteroatoms. The average molecular weight is 391 g/mol. The molecule has 0 bridgehead atoms. The minimum Gasteiger partial charge on any atom is -0.374 e. The van der Waals surface area contributed by atoms with E-state index in [1.807, 2.05) is 5.32 Å². The number of amides is 2. The van der Waals surface area contributed by atoms with Crippen molar-refractivity contribution in [2.24, 2.45) is 0 Å². The van der Waals surface area contributed by atoms with Crippen molar-refractivity contribution in [1.82, 2.24) is 5.32 Å². The minimum atomic E-state index is -1.77. The summed E-state index contributed by atoms with van der Waals surface area (Å²) in [5, 5.41) is 6.19. The largest absolute Gasteiger partial charge is 0.374 e. The molecule has 0 radical (unpaired) electrons. The number of nitrogens with one attached hydrogen (secondary N) is 3. The van der Waals surface area contributed by atoms with Gasteiger partial charge >= 0.3 is 0 Å². The van der Waals surface area contributed by atoms with Crippen molar-refractivity contribution in [2.45, 2.75) is 0 Å². The third kappa shape index (κ3) is 4.90. The van der Waals surface area contributed by atoms with Gasteiger partial charge < -0.3 is 16.0 Å². The van der Waals surface area contributed by atoms with Gasteiger partial charge in [0, 0.05) is 0 Å². The summed E-state index contributed by atoms with van der Waals surface area (Å²) in [7, 11) is 0. The van der Waals surface area contributed by atoms with E-state index in [-0.39, 0.29) is 0 Å². The summed E-state index contributed by atoms with van der Waals surface area (Å²) >= 11 is 0. The second-order valence-corrected chi connectivity index (χ2v) is 5.12. The van der Waals surface area contributed by atoms with Crippen LogP contribution in [0, 0.1) is 34.9 Å². The quantitative estimate of drug-likeness (QED) is 0.524. The Hall–Kier alpha value is -3.24. The third-order valence-corrected chi connectivity index (χ3v) is 3.23. The third-order valence-electron chi connectivity index (χ3n) is 3.23. The first-order chi connectivity index (χ1) is 12.7. The highest BCUT2D eigenvalue weighted by molar-refractivity contribution is 5.95. The van der Waals surface area contributed by atoms with Crippen molar-refractivity contribution in [3.8, 4) is 0 Å². The lowest BCUT2D eigenvalue weighted by Gasteiger charge is -2.10. The lowest BCUT2D eigenvalue weighted by molar-refractivity contribution is -0.122. The lowest BCUT2D eigenvalue weighted by Crippen LogP contribution is -2.36. The van der Waals surface area contributed by atoms with E-state index in [9.17, 15) is 35.9 Å². The number of halogens is 6. The summed E-state index contributed by atoms with van der Waals surface area (Å²) in [4.78, 5) is 23.2. The zero-order valence-electron chi connectivity index (χ0n) is 13.3. The SMILES string of the molecule is O=C(CNc1ccc(F)c(F)c1F)NCC(=O)Nc1ccc(F)c(F)c1F. The number of carbonyl (C=O) groups excluding carboxylic acids is 2. The maximum absolute atomic E-state index is 13.4. The second kappa shape index (κ2) is 8.43. The van der Waals surface area contributed by atoms with E-state index >= 15 is 0 Å². The predicted octanol–water partition coefficient (Wildman–Crippen LogP) is 2.69. The van der Waals surface area contributed by atoms with Crippen LogP contribution in [-0.4, -0.2) is 24.9 Å². The van der Waals surface area contributed by atoms with Crippen LogP contribution in [0.5, 0.6) is 0 Å². The number of carbonyl (C=O) groups is 2. The molecule has 27 heavy (non-hydrogen) atoms. The van der Waals surface area contributed by atoms with Gasteiger partial charge in [-0.25, -0.2) is 26.3 Å². The molecule has 0 aromatic heterocycles. The first-order valence-electron chi connectivity index (χ1n) is 7.28. The topological polar surface area (TPSA) is 70.2 Å². The Kier molecular flexibility index (Phi) is 6.27. The van der Waals surface area contributed by atoms with Gasteiger partial charge in [0.25, 0.3) is 0 Å². The summed E-state index contributed by atoms with van der Waals surface area (Å²) < 4.78 is 78.5. The Morgan fingerprint density at radius 2 is 1.19 bits per heavy atom. The zero-order chi connectivity index (χ0) is 20.1. The molecule has 2 rings (SSSR count). The van der Waals surface area contributed by atoms with Crippen molar-refractivity contribution in [1.29, 1.82) is 0 Å². The van der Waals surface area contributed by atoms with Crippen molar-refractivity contribution in [3.05, 3.63) is 59.2 Å². The first kappa shape index (κ1) is 20.1. The van der Waals surface area contributed by atoms with Gasteiger partial charge in [0.15, 0.2) is 34.9 Å². The molecule has 0 fully saturated rings. The second-order valence-electron chi connectivity index (χ2n) is 5.12. The minimum absolute atomic E-state index is 0.475. The van der Waals surface area contributed by atoms with E-state index < -0.39 is 71.2 Å². The van der Waals surface area contributed by atoms with Gasteiger partial charge in [-0.2, -0.15) is 0 Å². The Bertz CT molecular complexity index is 891. The maximum Gasteiger partial charge on any atom is 0.243 e. The highest BCUT2D eigenvalue weighted by atomic mass is 19.2. The number of hydrogen-bond acceptors (Lipinski definition) is 3. The molecule has 2 amide bonds. The molecule has 0 spiro atoms. The lowest BCUT2D eigenvalue weighted by atomic mass is 10.2. The fourth-order valence-corrected chi connectivity index (χ4v) is 1.90. The summed E-state index contributed by atoms with van der Waals surface area (Å²) in [6.07, 6.45) is 0. The highest BCUT2D eigenvalue weighted by Gasteiger charge is 2.16. The van der Waals surface area contributed by atoms with E-state index in [1.165, 1.54) is 0 Å². The molecule has 5 nitrogen and oxygen atoms in total. The van der Waals surface area contributed by atoms with Crippen LogP contribution in [0.4, 0.5) is 37.7 Å². The molecule has 144 valence electrons. The summed E-state index contributed by atoms with van der Waals surface area (Å²) in [6.45, 7) is -1.26. The van der Waals surface area contributed by atoms with Crippen LogP contribution < -0.4 is 16.0 Å². The predicted molar refractivity (Wildman–Crippen MR) is 82.8 cm³/mol. The van der Waals surface area contributed by atoms with Crippen LogP contribution in [0.3, 0.4) is 0 Å². The Balaban J connectivity index is 1.84. The van der Waals surface area contributed by atoms with Crippen LogP contribution in [0.2, 0.25) is 0 Å². The van der Waals surface area contributed by atoms with Gasteiger partial charge in [0.05, 0.1) is 24.5 Å². The van der Waals surface area contributed by atoms with Gasteiger partial charge in [0.2, 0.25) is 11.8 Å². The highest BCUT2D eigenvalue weighted by Crippen LogP contribution is 2.20. The number of rotatable bonds is 6. The fourth-order valence-electron chi connectivity index (χ4n) is 1.90. The monoisotopic (exact) mass is 391 g/mol. The van der Waals surface area contributed by atoms with E-state index in [0.29, 0.717) is 12.1 Å². The molecule has 0 unspecified atom stereocenters. The Morgan fingerprint density at radius 3 is 1.78 bits per heavy atom. The maximum atomic E-state index is 13.4. The fraction of sp³-hybridized carbons (Fsp3) is 0.125. The normalized spacial score (nSPS) is 10.4. The van der Waals surface area contributed by atoms with Crippen molar-refractivity contribution in [2.75, 3.05) is 23.7 Å². The average Bonchev–Trinajstić information content (AvgIpc) is 2.64. The van der Waals surface area contributed by atoms with Crippen LogP contribution in [0.25, 0.3) is 0 Å². The van der Waals surface area contributed by atoms with Gasteiger partial charge in [-0.15, -0.1) is 0 Å². The van der Waals surface area contributed by atoms with Gasteiger partial charge in [-0.05, 0) is 24.3 Å². The van der Waals surface area contributed by atoms with E-state index in [0.717, 1.165) is 12.1 Å². The van der Waals surface area contributed by atoms with E-state index in [2.05, 4.69) is 10.6 Å². The number of hydrogen-bond donors (Lipinski definition) is 3. The molecule has 2 aromatic rings. The summed E-state index contributed by atoms with van der Waals surface area (Å²) in [5.74, 6) is -11.2. The van der Waals surface area contributed by atoms with Crippen LogP contribution in [0.15, 0.2) is 24.3 Å². The molecule has 0 aliphatic carbocycles. The molecule has 2 aromatic carbocycles. The molecule has 0 aliphatic heterocycles. The van der Waals surface area contributed by atoms with Gasteiger partial charge in [-0.1, -0.05) is 0 Å². The smallest absolute Gasteiger partial charge is 0.243 e. The molecule has 0 heterocycles. The van der Waals surface area contributed by atoms with Crippen molar-refractivity contribution < 1.29 is 35.9 Å². The molecular weight excluding hydrogens is 380 g/mol. The molecule has 0 saturated carbocycles. The summed E-state index contributed by atoms with van der Waals surface area (Å²) in [5.41, 5.74) is -1.10. The number of anilines is 2. The summed E-state index contributed by atoms with van der Waals surface area (Å²) in [6, 6.07) is 2.93. The van der Waals surface area contributed by atoms with Gasteiger partial charge in [-0.3, -0.25) is 9.59 Å². The molecule has 3 N–H and O–H groups in total. The van der Waals surface area contributed by atoms with Crippen LogP contribution in [0.1, 0.15) is 0 Å². The Labute approximate surface area is 148 Å².